The van der Waals surface area contributed by atoms with Crippen LogP contribution in [0.3, 0.4) is 0 Å². The van der Waals surface area contributed by atoms with E-state index in [9.17, 15) is 14.4 Å². The maximum absolute atomic E-state index is 13.1. The molecule has 0 unspecified atom stereocenters. The van der Waals surface area contributed by atoms with Gasteiger partial charge in [0.2, 0.25) is 0 Å². The lowest BCUT2D eigenvalue weighted by Gasteiger charge is -2.33. The highest BCUT2D eigenvalue weighted by Gasteiger charge is 2.53. The summed E-state index contributed by atoms with van der Waals surface area (Å²) in [4.78, 5) is 48.8. The minimum absolute atomic E-state index is 0.382. The van der Waals surface area contributed by atoms with Crippen molar-refractivity contribution in [1.29, 1.82) is 0 Å². The summed E-state index contributed by atoms with van der Waals surface area (Å²) in [6.45, 7) is 5.80. The van der Waals surface area contributed by atoms with E-state index in [0.717, 1.165) is 28.9 Å². The van der Waals surface area contributed by atoms with Crippen molar-refractivity contribution in [3.8, 4) is 11.6 Å². The Morgan fingerprint density at radius 1 is 1.28 bits per heavy atom. The van der Waals surface area contributed by atoms with Crippen LogP contribution in [0.4, 0.5) is 4.79 Å². The van der Waals surface area contributed by atoms with Gasteiger partial charge in [-0.3, -0.25) is 15.0 Å². The number of nitrogens with zero attached hydrogens (tertiary/aromatic N) is 3. The first-order chi connectivity index (χ1) is 15.3. The van der Waals surface area contributed by atoms with Crippen molar-refractivity contribution >= 4 is 39.4 Å². The molecule has 0 aromatic carbocycles. The van der Waals surface area contributed by atoms with Crippen molar-refractivity contribution in [2.45, 2.75) is 52.0 Å². The van der Waals surface area contributed by atoms with Gasteiger partial charge >= 0.3 is 6.03 Å². The lowest BCUT2D eigenvalue weighted by molar-refractivity contribution is -0.134. The molecule has 2 aliphatic rings. The molecule has 3 aromatic rings. The number of urea groups is 1. The van der Waals surface area contributed by atoms with E-state index >= 15 is 0 Å². The third kappa shape index (κ3) is 3.17. The molecule has 10 heteroatoms. The Hall–Kier alpha value is -3.27. The molecule has 1 aliphatic heterocycles. The van der Waals surface area contributed by atoms with E-state index in [1.165, 1.54) is 11.3 Å². The van der Waals surface area contributed by atoms with Gasteiger partial charge in [0.25, 0.3) is 11.8 Å². The number of nitrogens with one attached hydrogen (secondary N) is 2. The number of hydrogen-bond donors (Lipinski definition) is 2. The van der Waals surface area contributed by atoms with Crippen LogP contribution < -0.4 is 10.7 Å². The smallest absolute Gasteiger partial charge is 0.344 e. The van der Waals surface area contributed by atoms with Gasteiger partial charge in [0.05, 0.1) is 16.8 Å². The molecular weight excluding hydrogens is 430 g/mol. The van der Waals surface area contributed by atoms with Crippen molar-refractivity contribution in [2.24, 2.45) is 5.92 Å². The number of aromatic nitrogens is 2. The highest BCUT2D eigenvalue weighted by atomic mass is 32.1. The second-order valence-electron chi connectivity index (χ2n) is 8.62. The summed E-state index contributed by atoms with van der Waals surface area (Å²) in [5.41, 5.74) is 3.04. The second kappa shape index (κ2) is 7.40. The molecule has 32 heavy (non-hydrogen) atoms. The van der Waals surface area contributed by atoms with Crippen LogP contribution >= 0.6 is 11.3 Å². The van der Waals surface area contributed by atoms with E-state index in [4.69, 9.17) is 4.42 Å². The number of aryl methyl sites for hydroxylation is 2. The van der Waals surface area contributed by atoms with Gasteiger partial charge in [-0.05, 0) is 63.1 Å². The fraction of sp³-hybridized carbons (Fsp3) is 0.409. The maximum Gasteiger partial charge on any atom is 0.344 e. The molecule has 0 bridgehead atoms. The van der Waals surface area contributed by atoms with Gasteiger partial charge < -0.3 is 9.73 Å². The number of imide groups is 1. The molecule has 5 rings (SSSR count). The van der Waals surface area contributed by atoms with E-state index < -0.39 is 23.4 Å². The number of hydrazine groups is 1. The number of hydrogen-bond acceptors (Lipinski definition) is 7. The molecule has 1 spiro atoms. The van der Waals surface area contributed by atoms with Crippen LogP contribution in [0.5, 0.6) is 0 Å². The van der Waals surface area contributed by atoms with Gasteiger partial charge in [-0.15, -0.1) is 11.3 Å². The molecule has 1 aliphatic carbocycles. The molecule has 4 heterocycles. The first-order valence-electron chi connectivity index (χ1n) is 10.6. The topological polar surface area (TPSA) is 117 Å². The maximum atomic E-state index is 13.1. The molecule has 166 valence electrons. The lowest BCUT2D eigenvalue weighted by atomic mass is 9.77. The number of carbonyl (C=O) groups is 3. The van der Waals surface area contributed by atoms with Crippen LogP contribution in [0.15, 0.2) is 22.8 Å². The molecule has 3 aromatic heterocycles. The summed E-state index contributed by atoms with van der Waals surface area (Å²) in [5, 5.41) is 4.42. The molecule has 9 nitrogen and oxygen atoms in total. The summed E-state index contributed by atoms with van der Waals surface area (Å²) in [5.74, 6) is 0.589. The summed E-state index contributed by atoms with van der Waals surface area (Å²) < 4.78 is 5.39. The van der Waals surface area contributed by atoms with Gasteiger partial charge in [0.15, 0.2) is 11.6 Å². The van der Waals surface area contributed by atoms with E-state index in [1.54, 1.807) is 18.4 Å². The van der Waals surface area contributed by atoms with E-state index in [1.807, 2.05) is 13.8 Å². The quantitative estimate of drug-likeness (QED) is 0.584. The number of rotatable bonds is 3. The standard InChI is InChI=1S/C22H23N5O4S/c1-11-6-8-22(9-7-11)20(29)27(21(30)25-22)26-18(28)16-12(2)15-13(3)23-17(24-19(15)32-16)14-5-4-10-31-14/h4-5,10-11H,6-9H2,1-3H3,(H,25,30)(H,26,28). The second-order valence-corrected chi connectivity index (χ2v) is 9.62. The summed E-state index contributed by atoms with van der Waals surface area (Å²) in [6, 6.07) is 2.94. The number of fused-ring (bicyclic) bond motifs is 1. The van der Waals surface area contributed by atoms with E-state index in [0.29, 0.717) is 45.6 Å². The normalized spacial score (nSPS) is 23.2. The van der Waals surface area contributed by atoms with Crippen LogP contribution in [-0.2, 0) is 4.79 Å². The Morgan fingerprint density at radius 3 is 2.72 bits per heavy atom. The largest absolute Gasteiger partial charge is 0.461 e. The fourth-order valence-electron chi connectivity index (χ4n) is 4.54. The van der Waals surface area contributed by atoms with Crippen molar-refractivity contribution in [3.63, 3.8) is 0 Å². The third-order valence-electron chi connectivity index (χ3n) is 6.42. The van der Waals surface area contributed by atoms with Crippen molar-refractivity contribution < 1.29 is 18.8 Å². The lowest BCUT2D eigenvalue weighted by Crippen LogP contribution is -2.51. The zero-order valence-electron chi connectivity index (χ0n) is 18.0. The van der Waals surface area contributed by atoms with Crippen LogP contribution in [-0.4, -0.2) is 38.4 Å². The first-order valence-corrected chi connectivity index (χ1v) is 11.4. The number of thiophene rings is 1. The van der Waals surface area contributed by atoms with Crippen LogP contribution in [0.1, 0.15) is 53.5 Å². The predicted molar refractivity (Wildman–Crippen MR) is 118 cm³/mol. The molecule has 1 saturated carbocycles. The third-order valence-corrected chi connectivity index (χ3v) is 7.61. The Balaban J connectivity index is 1.43. The van der Waals surface area contributed by atoms with Gasteiger partial charge in [-0.25, -0.2) is 14.8 Å². The molecule has 2 N–H and O–H groups in total. The molecule has 4 amide bonds. The predicted octanol–water partition coefficient (Wildman–Crippen LogP) is 3.71. The monoisotopic (exact) mass is 453 g/mol. The van der Waals surface area contributed by atoms with Crippen molar-refractivity contribution in [1.82, 2.24) is 25.7 Å². The number of furan rings is 1. The van der Waals surface area contributed by atoms with E-state index in [-0.39, 0.29) is 0 Å². The van der Waals surface area contributed by atoms with Gasteiger partial charge in [0, 0.05) is 5.39 Å². The zero-order valence-corrected chi connectivity index (χ0v) is 18.8. The summed E-state index contributed by atoms with van der Waals surface area (Å²) in [7, 11) is 0. The molecule has 1 saturated heterocycles. The minimum atomic E-state index is -0.911. The van der Waals surface area contributed by atoms with Crippen LogP contribution in [0, 0.1) is 19.8 Å². The molecule has 0 radical (unpaired) electrons. The van der Waals surface area contributed by atoms with Gasteiger partial charge in [-0.1, -0.05) is 6.92 Å². The van der Waals surface area contributed by atoms with Gasteiger partial charge in [-0.2, -0.15) is 5.01 Å². The van der Waals surface area contributed by atoms with Crippen LogP contribution in [0.2, 0.25) is 0 Å². The van der Waals surface area contributed by atoms with Crippen molar-refractivity contribution in [2.75, 3.05) is 0 Å². The van der Waals surface area contributed by atoms with Gasteiger partial charge in [0.1, 0.15) is 10.4 Å². The van der Waals surface area contributed by atoms with Crippen LogP contribution in [0.25, 0.3) is 21.8 Å². The fourth-order valence-corrected chi connectivity index (χ4v) is 5.66. The molecule has 0 atom stereocenters. The number of amides is 4. The summed E-state index contributed by atoms with van der Waals surface area (Å²) in [6.07, 6.45) is 4.43. The van der Waals surface area contributed by atoms with Crippen molar-refractivity contribution in [3.05, 3.63) is 34.5 Å². The Labute approximate surface area is 188 Å². The average molecular weight is 454 g/mol. The Morgan fingerprint density at radius 2 is 2.03 bits per heavy atom. The highest BCUT2D eigenvalue weighted by Crippen LogP contribution is 2.36. The van der Waals surface area contributed by atoms with E-state index in [2.05, 4.69) is 27.6 Å². The SMILES string of the molecule is Cc1nc(-c2ccco2)nc2sc(C(=O)NN3C(=O)NC4(CCC(C)CC4)C3=O)c(C)c12. The first kappa shape index (κ1) is 20.6. The minimum Gasteiger partial charge on any atom is -0.461 e. The summed E-state index contributed by atoms with van der Waals surface area (Å²) >= 11 is 1.20. The Kier molecular flexibility index (Phi) is 4.77. The molecular formula is C22H23N5O4S. The Bertz CT molecular complexity index is 1240. The zero-order chi connectivity index (χ0) is 22.6. The molecule has 2 fully saturated rings. The average Bonchev–Trinajstić information content (AvgIpc) is 3.46. The number of carbonyl (C=O) groups excluding carboxylic acids is 3. The highest BCUT2D eigenvalue weighted by molar-refractivity contribution is 7.20.